The Bertz CT molecular complexity index is 622. The number of aromatic nitrogens is 1. The first-order chi connectivity index (χ1) is 9.04. The molecule has 5 nitrogen and oxygen atoms in total. The van der Waals surface area contributed by atoms with Gasteiger partial charge in [-0.3, -0.25) is 4.79 Å². The van der Waals surface area contributed by atoms with Gasteiger partial charge in [0.2, 0.25) is 5.91 Å². The molecule has 2 rings (SSSR count). The van der Waals surface area contributed by atoms with Crippen molar-refractivity contribution in [2.45, 2.75) is 6.54 Å². The molecule has 0 radical (unpaired) electrons. The normalized spacial score (nSPS) is 10.2. The summed E-state index contributed by atoms with van der Waals surface area (Å²) >= 11 is 3.32. The second-order valence-corrected chi connectivity index (χ2v) is 4.85. The lowest BCUT2D eigenvalue weighted by Crippen LogP contribution is -2.17. The van der Waals surface area contributed by atoms with Gasteiger partial charge in [-0.15, -0.1) is 0 Å². The summed E-state index contributed by atoms with van der Waals surface area (Å²) in [6.07, 6.45) is 2.98. The van der Waals surface area contributed by atoms with E-state index in [2.05, 4.69) is 21.2 Å². The van der Waals surface area contributed by atoms with Gasteiger partial charge in [0.1, 0.15) is 6.54 Å². The Morgan fingerprint density at radius 2 is 2.11 bits per heavy atom. The van der Waals surface area contributed by atoms with E-state index in [0.29, 0.717) is 5.69 Å². The number of rotatable bonds is 4. The molecule has 0 spiro atoms. The number of carbonyl (C=O) groups excluding carboxylic acids is 1. The number of hydrogen-bond acceptors (Lipinski definition) is 2. The number of amides is 1. The van der Waals surface area contributed by atoms with E-state index in [-0.39, 0.29) is 18.0 Å². The number of carboxylic acid groups (broad SMARTS) is 1. The van der Waals surface area contributed by atoms with Crippen molar-refractivity contribution in [1.29, 1.82) is 0 Å². The minimum Gasteiger partial charge on any atom is -0.478 e. The second-order valence-electron chi connectivity index (χ2n) is 3.94. The molecule has 0 atom stereocenters. The Balaban J connectivity index is 1.99. The van der Waals surface area contributed by atoms with Crippen LogP contribution in [-0.4, -0.2) is 21.6 Å². The Kier molecular flexibility index (Phi) is 4.01. The zero-order valence-corrected chi connectivity index (χ0v) is 11.4. The zero-order chi connectivity index (χ0) is 13.8. The maximum atomic E-state index is 11.8. The van der Waals surface area contributed by atoms with Gasteiger partial charge in [-0.05, 0) is 24.3 Å². The number of anilines is 1. The van der Waals surface area contributed by atoms with Gasteiger partial charge in [-0.1, -0.05) is 22.0 Å². The molecule has 19 heavy (non-hydrogen) atoms. The fraction of sp³-hybridized carbons (Fsp3) is 0.0769. The van der Waals surface area contributed by atoms with E-state index < -0.39 is 5.97 Å². The predicted molar refractivity (Wildman–Crippen MR) is 74.2 cm³/mol. The van der Waals surface area contributed by atoms with E-state index in [4.69, 9.17) is 5.11 Å². The topological polar surface area (TPSA) is 71.3 Å². The fourth-order valence-corrected chi connectivity index (χ4v) is 2.00. The summed E-state index contributed by atoms with van der Waals surface area (Å²) in [4.78, 5) is 22.5. The van der Waals surface area contributed by atoms with Crippen molar-refractivity contribution < 1.29 is 14.7 Å². The molecule has 98 valence electrons. The van der Waals surface area contributed by atoms with Crippen LogP contribution in [0, 0.1) is 0 Å². The molecule has 1 amide bonds. The van der Waals surface area contributed by atoms with Crippen molar-refractivity contribution in [3.05, 3.63) is 52.8 Å². The van der Waals surface area contributed by atoms with Gasteiger partial charge in [-0.2, -0.15) is 0 Å². The number of carboxylic acids is 1. The molecule has 1 heterocycles. The summed E-state index contributed by atoms with van der Waals surface area (Å²) in [6.45, 7) is 0.0692. The third kappa shape index (κ3) is 3.69. The summed E-state index contributed by atoms with van der Waals surface area (Å²) in [5.41, 5.74) is 0.847. The van der Waals surface area contributed by atoms with Crippen molar-refractivity contribution in [2.24, 2.45) is 0 Å². The highest BCUT2D eigenvalue weighted by Gasteiger charge is 2.07. The largest absolute Gasteiger partial charge is 0.478 e. The molecule has 2 N–H and O–H groups in total. The van der Waals surface area contributed by atoms with Crippen LogP contribution in [-0.2, 0) is 11.3 Å². The molecule has 0 aliphatic carbocycles. The summed E-state index contributed by atoms with van der Waals surface area (Å²) in [6, 6.07) is 8.70. The fourth-order valence-electron chi connectivity index (χ4n) is 1.60. The average molecular weight is 323 g/mol. The minimum absolute atomic E-state index is 0.0692. The van der Waals surface area contributed by atoms with Gasteiger partial charge in [0.15, 0.2) is 0 Å². The van der Waals surface area contributed by atoms with Crippen LogP contribution in [0.4, 0.5) is 5.69 Å². The molecule has 0 aliphatic heterocycles. The van der Waals surface area contributed by atoms with E-state index in [0.717, 1.165) is 4.47 Å². The number of benzene rings is 1. The maximum absolute atomic E-state index is 11.8. The molecule has 2 aromatic rings. The third-order valence-corrected chi connectivity index (χ3v) is 2.93. The summed E-state index contributed by atoms with van der Waals surface area (Å²) in [5, 5.41) is 11.5. The van der Waals surface area contributed by atoms with Gasteiger partial charge in [0.05, 0.1) is 5.56 Å². The molecule has 1 aromatic heterocycles. The van der Waals surface area contributed by atoms with Crippen molar-refractivity contribution in [2.75, 3.05) is 5.32 Å². The van der Waals surface area contributed by atoms with Crippen LogP contribution in [0.2, 0.25) is 0 Å². The Morgan fingerprint density at radius 1 is 1.32 bits per heavy atom. The lowest BCUT2D eigenvalue weighted by atomic mass is 10.3. The molecule has 0 fully saturated rings. The lowest BCUT2D eigenvalue weighted by Gasteiger charge is -2.06. The van der Waals surface area contributed by atoms with Crippen LogP contribution >= 0.6 is 15.9 Å². The molecular weight excluding hydrogens is 312 g/mol. The Labute approximate surface area is 118 Å². The van der Waals surface area contributed by atoms with E-state index in [1.807, 2.05) is 12.1 Å². The molecular formula is C13H11BrN2O3. The average Bonchev–Trinajstić information content (AvgIpc) is 2.77. The number of nitrogens with one attached hydrogen (secondary N) is 1. The van der Waals surface area contributed by atoms with Gasteiger partial charge < -0.3 is 15.0 Å². The first kappa shape index (κ1) is 13.4. The highest BCUT2D eigenvalue weighted by Crippen LogP contribution is 2.15. The van der Waals surface area contributed by atoms with E-state index in [1.54, 1.807) is 18.3 Å². The number of carbonyl (C=O) groups is 2. The molecule has 0 saturated heterocycles. The van der Waals surface area contributed by atoms with Crippen LogP contribution in [0.25, 0.3) is 0 Å². The van der Waals surface area contributed by atoms with Gasteiger partial charge in [-0.25, -0.2) is 4.79 Å². The number of aromatic carboxylic acids is 1. The predicted octanol–water partition coefficient (Wildman–Crippen LogP) is 2.59. The monoisotopic (exact) mass is 322 g/mol. The minimum atomic E-state index is -1.01. The zero-order valence-electron chi connectivity index (χ0n) is 9.84. The van der Waals surface area contributed by atoms with Gasteiger partial charge >= 0.3 is 5.97 Å². The van der Waals surface area contributed by atoms with E-state index in [1.165, 1.54) is 16.8 Å². The third-order valence-electron chi connectivity index (χ3n) is 2.43. The van der Waals surface area contributed by atoms with Crippen LogP contribution in [0.1, 0.15) is 10.4 Å². The van der Waals surface area contributed by atoms with Crippen molar-refractivity contribution in [3.63, 3.8) is 0 Å². The van der Waals surface area contributed by atoms with Crippen LogP contribution in [0.15, 0.2) is 47.2 Å². The van der Waals surface area contributed by atoms with Crippen molar-refractivity contribution in [1.82, 2.24) is 4.57 Å². The van der Waals surface area contributed by atoms with Crippen LogP contribution in [0.5, 0.6) is 0 Å². The molecule has 6 heteroatoms. The highest BCUT2D eigenvalue weighted by molar-refractivity contribution is 9.10. The summed E-state index contributed by atoms with van der Waals surface area (Å²) in [7, 11) is 0. The molecule has 1 aromatic carbocycles. The van der Waals surface area contributed by atoms with E-state index >= 15 is 0 Å². The SMILES string of the molecule is O=C(Cn1ccc(C(=O)O)c1)Nc1cccc(Br)c1. The number of halogens is 1. The molecule has 0 unspecified atom stereocenters. The van der Waals surface area contributed by atoms with Crippen LogP contribution < -0.4 is 5.32 Å². The lowest BCUT2D eigenvalue weighted by molar-refractivity contribution is -0.116. The number of nitrogens with zero attached hydrogens (tertiary/aromatic N) is 1. The molecule has 0 aliphatic rings. The maximum Gasteiger partial charge on any atom is 0.337 e. The standard InChI is InChI=1S/C13H11BrN2O3/c14-10-2-1-3-11(6-10)15-12(17)8-16-5-4-9(7-16)13(18)19/h1-7H,8H2,(H,15,17)(H,18,19). The first-order valence-electron chi connectivity index (χ1n) is 5.49. The quantitative estimate of drug-likeness (QED) is 0.908. The summed E-state index contributed by atoms with van der Waals surface area (Å²) in [5.74, 6) is -1.23. The first-order valence-corrected chi connectivity index (χ1v) is 6.28. The highest BCUT2D eigenvalue weighted by atomic mass is 79.9. The van der Waals surface area contributed by atoms with Crippen molar-refractivity contribution >= 4 is 33.5 Å². The Hall–Kier alpha value is -2.08. The van der Waals surface area contributed by atoms with Gasteiger partial charge in [0.25, 0.3) is 0 Å². The van der Waals surface area contributed by atoms with Crippen LogP contribution in [0.3, 0.4) is 0 Å². The van der Waals surface area contributed by atoms with Gasteiger partial charge in [0, 0.05) is 22.6 Å². The smallest absolute Gasteiger partial charge is 0.337 e. The Morgan fingerprint density at radius 3 is 2.74 bits per heavy atom. The number of hydrogen-bond donors (Lipinski definition) is 2. The molecule has 0 saturated carbocycles. The molecule has 0 bridgehead atoms. The summed E-state index contributed by atoms with van der Waals surface area (Å²) < 4.78 is 2.40. The van der Waals surface area contributed by atoms with E-state index in [9.17, 15) is 9.59 Å². The van der Waals surface area contributed by atoms with Crippen molar-refractivity contribution in [3.8, 4) is 0 Å². The second kappa shape index (κ2) is 5.71.